The summed E-state index contributed by atoms with van der Waals surface area (Å²) in [5, 5.41) is 8.57. The third-order valence-electron chi connectivity index (χ3n) is 2.49. The molecule has 3 heteroatoms. The van der Waals surface area contributed by atoms with Crippen LogP contribution in [0.1, 0.15) is 30.0 Å². The Labute approximate surface area is 88.7 Å². The third kappa shape index (κ3) is 3.05. The predicted molar refractivity (Wildman–Crippen MR) is 56.5 cm³/mol. The van der Waals surface area contributed by atoms with E-state index in [2.05, 4.69) is 0 Å². The summed E-state index contributed by atoms with van der Waals surface area (Å²) in [5.41, 5.74) is 2.41. The first kappa shape index (κ1) is 11.7. The minimum Gasteiger partial charge on any atom is -0.481 e. The van der Waals surface area contributed by atoms with Crippen molar-refractivity contribution in [2.45, 2.75) is 33.1 Å². The first-order valence-corrected chi connectivity index (χ1v) is 5.04. The predicted octanol–water partition coefficient (Wildman–Crippen LogP) is 2.71. The molecule has 0 aliphatic heterocycles. The molecule has 0 radical (unpaired) electrons. The number of aliphatic carboxylic acids is 1. The van der Waals surface area contributed by atoms with Crippen molar-refractivity contribution in [1.82, 2.24) is 0 Å². The molecule has 0 aliphatic rings. The molecule has 0 spiro atoms. The van der Waals surface area contributed by atoms with Gasteiger partial charge in [-0.1, -0.05) is 13.0 Å². The molecule has 2 nitrogen and oxygen atoms in total. The van der Waals surface area contributed by atoms with E-state index in [4.69, 9.17) is 5.11 Å². The fraction of sp³-hybridized carbons (Fsp3) is 0.417. The van der Waals surface area contributed by atoms with Gasteiger partial charge < -0.3 is 5.11 Å². The minimum atomic E-state index is -0.822. The number of carboxylic acid groups (broad SMARTS) is 1. The van der Waals surface area contributed by atoms with E-state index in [1.54, 1.807) is 13.0 Å². The van der Waals surface area contributed by atoms with Gasteiger partial charge in [0, 0.05) is 6.42 Å². The highest BCUT2D eigenvalue weighted by molar-refractivity contribution is 5.67. The number of benzene rings is 1. The Hall–Kier alpha value is -1.38. The summed E-state index contributed by atoms with van der Waals surface area (Å²) in [7, 11) is 0. The van der Waals surface area contributed by atoms with Gasteiger partial charge in [0.1, 0.15) is 5.82 Å². The molecule has 0 atom stereocenters. The molecule has 0 fully saturated rings. The van der Waals surface area contributed by atoms with Crippen molar-refractivity contribution in [3.05, 3.63) is 34.6 Å². The second-order valence-electron chi connectivity index (χ2n) is 3.62. The first-order chi connectivity index (χ1) is 7.04. The van der Waals surface area contributed by atoms with Crippen LogP contribution in [0.2, 0.25) is 0 Å². The van der Waals surface area contributed by atoms with Gasteiger partial charge in [-0.05, 0) is 42.5 Å². The third-order valence-corrected chi connectivity index (χ3v) is 2.49. The van der Waals surface area contributed by atoms with Gasteiger partial charge in [0.05, 0.1) is 0 Å². The van der Waals surface area contributed by atoms with Gasteiger partial charge in [0.15, 0.2) is 0 Å². The van der Waals surface area contributed by atoms with E-state index < -0.39 is 5.97 Å². The van der Waals surface area contributed by atoms with E-state index in [9.17, 15) is 9.18 Å². The minimum absolute atomic E-state index is 0.0929. The maximum absolute atomic E-state index is 13.3. The van der Waals surface area contributed by atoms with E-state index in [1.807, 2.05) is 6.92 Å². The van der Waals surface area contributed by atoms with Crippen molar-refractivity contribution >= 4 is 5.97 Å². The Bertz CT molecular complexity index is 372. The average molecular weight is 210 g/mol. The van der Waals surface area contributed by atoms with E-state index in [-0.39, 0.29) is 12.2 Å². The molecule has 0 aromatic heterocycles. The number of carbonyl (C=O) groups is 1. The van der Waals surface area contributed by atoms with Crippen LogP contribution >= 0.6 is 0 Å². The molecular weight excluding hydrogens is 195 g/mol. The number of aryl methyl sites for hydroxylation is 3. The Balaban J connectivity index is 2.92. The average Bonchev–Trinajstić information content (AvgIpc) is 2.16. The zero-order chi connectivity index (χ0) is 11.4. The van der Waals surface area contributed by atoms with Crippen molar-refractivity contribution in [2.24, 2.45) is 0 Å². The summed E-state index contributed by atoms with van der Waals surface area (Å²) in [6, 6.07) is 3.25. The fourth-order valence-electron chi connectivity index (χ4n) is 1.55. The van der Waals surface area contributed by atoms with Crippen LogP contribution < -0.4 is 0 Å². The van der Waals surface area contributed by atoms with Crippen LogP contribution in [0.15, 0.2) is 12.1 Å². The van der Waals surface area contributed by atoms with Crippen LogP contribution in [0.4, 0.5) is 4.39 Å². The lowest BCUT2D eigenvalue weighted by Gasteiger charge is -2.08. The highest BCUT2D eigenvalue weighted by atomic mass is 19.1. The van der Waals surface area contributed by atoms with Crippen molar-refractivity contribution in [3.63, 3.8) is 0 Å². The molecule has 0 heterocycles. The van der Waals surface area contributed by atoms with Crippen molar-refractivity contribution in [2.75, 3.05) is 0 Å². The van der Waals surface area contributed by atoms with Crippen molar-refractivity contribution in [1.29, 1.82) is 0 Å². The van der Waals surface area contributed by atoms with Crippen LogP contribution in [-0.2, 0) is 17.6 Å². The summed E-state index contributed by atoms with van der Waals surface area (Å²) < 4.78 is 13.3. The van der Waals surface area contributed by atoms with Gasteiger partial charge in [-0.15, -0.1) is 0 Å². The molecule has 1 rings (SSSR count). The highest BCUT2D eigenvalue weighted by Gasteiger charge is 2.07. The van der Waals surface area contributed by atoms with E-state index in [0.717, 1.165) is 11.1 Å². The van der Waals surface area contributed by atoms with Gasteiger partial charge >= 0.3 is 5.97 Å². The molecule has 0 bridgehead atoms. The second-order valence-corrected chi connectivity index (χ2v) is 3.62. The largest absolute Gasteiger partial charge is 0.481 e. The summed E-state index contributed by atoms with van der Waals surface area (Å²) >= 11 is 0. The molecule has 0 saturated heterocycles. The molecule has 0 amide bonds. The van der Waals surface area contributed by atoms with Gasteiger partial charge in [0.2, 0.25) is 0 Å². The summed E-state index contributed by atoms with van der Waals surface area (Å²) in [6.45, 7) is 3.69. The molecule has 0 unspecified atom stereocenters. The maximum Gasteiger partial charge on any atom is 0.303 e. The molecule has 1 aromatic rings. The lowest BCUT2D eigenvalue weighted by molar-refractivity contribution is -0.136. The Kier molecular flexibility index (Phi) is 3.83. The summed E-state index contributed by atoms with van der Waals surface area (Å²) in [4.78, 5) is 10.4. The molecule has 0 aliphatic carbocycles. The van der Waals surface area contributed by atoms with E-state index in [0.29, 0.717) is 18.4 Å². The van der Waals surface area contributed by atoms with Crippen molar-refractivity contribution < 1.29 is 14.3 Å². The Morgan fingerprint density at radius 1 is 1.40 bits per heavy atom. The topological polar surface area (TPSA) is 37.3 Å². The molecule has 1 aromatic carbocycles. The number of halogens is 1. The lowest BCUT2D eigenvalue weighted by atomic mass is 9.99. The maximum atomic E-state index is 13.3. The first-order valence-electron chi connectivity index (χ1n) is 5.04. The monoisotopic (exact) mass is 210 g/mol. The SMILES string of the molecule is CCc1cc(CCC(=O)O)c(C)cc1F. The standard InChI is InChI=1S/C12H15FO2/c1-3-9-7-10(4-5-12(14)15)8(2)6-11(9)13/h6-7H,3-5H2,1-2H3,(H,14,15). The Morgan fingerprint density at radius 2 is 2.07 bits per heavy atom. The smallest absolute Gasteiger partial charge is 0.303 e. The molecule has 0 saturated carbocycles. The van der Waals surface area contributed by atoms with Gasteiger partial charge in [-0.3, -0.25) is 4.79 Å². The second kappa shape index (κ2) is 4.91. The summed E-state index contributed by atoms with van der Waals surface area (Å²) in [5.74, 6) is -1.02. The van der Waals surface area contributed by atoms with Crippen LogP contribution in [-0.4, -0.2) is 11.1 Å². The number of hydrogen-bond donors (Lipinski definition) is 1. The normalized spacial score (nSPS) is 10.3. The number of rotatable bonds is 4. The van der Waals surface area contributed by atoms with Gasteiger partial charge in [0.25, 0.3) is 0 Å². The molecular formula is C12H15FO2. The molecule has 82 valence electrons. The zero-order valence-corrected chi connectivity index (χ0v) is 9.01. The quantitative estimate of drug-likeness (QED) is 0.829. The number of carboxylic acids is 1. The van der Waals surface area contributed by atoms with E-state index >= 15 is 0 Å². The Morgan fingerprint density at radius 3 is 2.60 bits per heavy atom. The van der Waals surface area contributed by atoms with Crippen LogP contribution in [0, 0.1) is 12.7 Å². The van der Waals surface area contributed by atoms with Gasteiger partial charge in [-0.2, -0.15) is 0 Å². The van der Waals surface area contributed by atoms with Crippen LogP contribution in [0.5, 0.6) is 0 Å². The summed E-state index contributed by atoms with van der Waals surface area (Å²) in [6.07, 6.45) is 1.19. The molecule has 1 N–H and O–H groups in total. The van der Waals surface area contributed by atoms with Crippen LogP contribution in [0.3, 0.4) is 0 Å². The lowest BCUT2D eigenvalue weighted by Crippen LogP contribution is -2.01. The highest BCUT2D eigenvalue weighted by Crippen LogP contribution is 2.17. The zero-order valence-electron chi connectivity index (χ0n) is 9.01. The van der Waals surface area contributed by atoms with Crippen LogP contribution in [0.25, 0.3) is 0 Å². The van der Waals surface area contributed by atoms with E-state index in [1.165, 1.54) is 6.07 Å². The number of hydrogen-bond acceptors (Lipinski definition) is 1. The fourth-order valence-corrected chi connectivity index (χ4v) is 1.55. The van der Waals surface area contributed by atoms with Crippen molar-refractivity contribution in [3.8, 4) is 0 Å². The molecule has 15 heavy (non-hydrogen) atoms. The van der Waals surface area contributed by atoms with Gasteiger partial charge in [-0.25, -0.2) is 4.39 Å².